The third-order valence-corrected chi connectivity index (χ3v) is 3.88. The summed E-state index contributed by atoms with van der Waals surface area (Å²) in [6, 6.07) is 6.99. The highest BCUT2D eigenvalue weighted by molar-refractivity contribution is 5.94. The van der Waals surface area contributed by atoms with E-state index in [2.05, 4.69) is 5.32 Å². The first-order valence-corrected chi connectivity index (χ1v) is 8.06. The maximum atomic E-state index is 11.8. The van der Waals surface area contributed by atoms with Crippen LogP contribution in [0, 0.1) is 5.92 Å². The average molecular weight is 343 g/mol. The Morgan fingerprint density at radius 3 is 2.61 bits per heavy atom. The quantitative estimate of drug-likeness (QED) is 0.799. The van der Waals surface area contributed by atoms with Gasteiger partial charge in [0.1, 0.15) is 5.75 Å². The van der Waals surface area contributed by atoms with E-state index in [0.717, 1.165) is 50.5 Å². The molecule has 1 heterocycles. The second-order valence-electron chi connectivity index (χ2n) is 5.78. The van der Waals surface area contributed by atoms with E-state index >= 15 is 0 Å². The summed E-state index contributed by atoms with van der Waals surface area (Å²) in [6.07, 6.45) is 3.71. The minimum Gasteiger partial charge on any atom is -0.493 e. The number of nitrogens with two attached hydrogens (primary N) is 1. The van der Waals surface area contributed by atoms with Crippen molar-refractivity contribution in [3.05, 3.63) is 24.3 Å². The Balaban J connectivity index is 0.00000264. The molecule has 1 atom stereocenters. The molecule has 0 bridgehead atoms. The van der Waals surface area contributed by atoms with E-state index in [1.165, 1.54) is 0 Å². The van der Waals surface area contributed by atoms with E-state index in [1.807, 2.05) is 31.2 Å². The number of benzene rings is 1. The molecule has 1 unspecified atom stereocenters. The molecule has 1 aliphatic rings. The summed E-state index contributed by atoms with van der Waals surface area (Å²) < 4.78 is 11.1. The van der Waals surface area contributed by atoms with Gasteiger partial charge in [-0.05, 0) is 49.4 Å². The first kappa shape index (κ1) is 19.7. The van der Waals surface area contributed by atoms with Crippen molar-refractivity contribution in [3.63, 3.8) is 0 Å². The molecule has 0 spiro atoms. The number of ether oxygens (including phenoxy) is 2. The van der Waals surface area contributed by atoms with Crippen molar-refractivity contribution in [1.82, 2.24) is 0 Å². The Kier molecular flexibility index (Phi) is 8.99. The summed E-state index contributed by atoms with van der Waals surface area (Å²) in [6.45, 7) is 4.39. The standard InChI is InChI=1S/C17H26N2O3.ClH/c1-2-3-16(18)17(20)19-14-4-6-15(7-5-14)22-12-13-8-10-21-11-9-13;/h4-7,13,16H,2-3,8-12,18H2,1H3,(H,19,20);1H. The van der Waals surface area contributed by atoms with Crippen molar-refractivity contribution < 1.29 is 14.3 Å². The van der Waals surface area contributed by atoms with Crippen LogP contribution in [0.2, 0.25) is 0 Å². The molecule has 1 aromatic carbocycles. The molecule has 0 radical (unpaired) electrons. The molecule has 1 fully saturated rings. The lowest BCUT2D eigenvalue weighted by Crippen LogP contribution is -2.35. The third-order valence-electron chi connectivity index (χ3n) is 3.88. The molecular weight excluding hydrogens is 316 g/mol. The number of anilines is 1. The van der Waals surface area contributed by atoms with Crippen LogP contribution in [0.3, 0.4) is 0 Å². The van der Waals surface area contributed by atoms with Gasteiger partial charge in [0, 0.05) is 18.9 Å². The van der Waals surface area contributed by atoms with Crippen LogP contribution >= 0.6 is 12.4 Å². The maximum absolute atomic E-state index is 11.8. The number of carbonyl (C=O) groups is 1. The molecule has 2 rings (SSSR count). The van der Waals surface area contributed by atoms with Crippen molar-refractivity contribution in [2.45, 2.75) is 38.6 Å². The smallest absolute Gasteiger partial charge is 0.241 e. The highest BCUT2D eigenvalue weighted by Gasteiger charge is 2.15. The van der Waals surface area contributed by atoms with Gasteiger partial charge < -0.3 is 20.5 Å². The van der Waals surface area contributed by atoms with Crippen molar-refractivity contribution >= 4 is 24.0 Å². The Hall–Kier alpha value is -1.30. The van der Waals surface area contributed by atoms with Gasteiger partial charge in [-0.2, -0.15) is 0 Å². The topological polar surface area (TPSA) is 73.6 Å². The fourth-order valence-electron chi connectivity index (χ4n) is 2.44. The van der Waals surface area contributed by atoms with Crippen molar-refractivity contribution in [2.24, 2.45) is 11.7 Å². The van der Waals surface area contributed by atoms with Crippen molar-refractivity contribution in [1.29, 1.82) is 0 Å². The van der Waals surface area contributed by atoms with Crippen LogP contribution in [0.1, 0.15) is 32.6 Å². The Morgan fingerprint density at radius 2 is 2.00 bits per heavy atom. The summed E-state index contributed by atoms with van der Waals surface area (Å²) in [4.78, 5) is 11.8. The lowest BCUT2D eigenvalue weighted by atomic mass is 10.0. The van der Waals surface area contributed by atoms with Crippen LogP contribution in [0.25, 0.3) is 0 Å². The number of nitrogens with one attached hydrogen (secondary N) is 1. The predicted octanol–water partition coefficient (Wildman–Crippen LogP) is 2.98. The third kappa shape index (κ3) is 6.77. The molecule has 1 aliphatic heterocycles. The molecule has 3 N–H and O–H groups in total. The van der Waals surface area contributed by atoms with Gasteiger partial charge in [-0.15, -0.1) is 12.4 Å². The predicted molar refractivity (Wildman–Crippen MR) is 94.2 cm³/mol. The molecule has 0 aliphatic carbocycles. The molecule has 0 aromatic heterocycles. The second kappa shape index (κ2) is 10.5. The first-order chi connectivity index (χ1) is 10.7. The number of rotatable bonds is 7. The largest absolute Gasteiger partial charge is 0.493 e. The van der Waals surface area contributed by atoms with Gasteiger partial charge >= 0.3 is 0 Å². The lowest BCUT2D eigenvalue weighted by molar-refractivity contribution is -0.117. The second-order valence-corrected chi connectivity index (χ2v) is 5.78. The zero-order chi connectivity index (χ0) is 15.8. The minimum atomic E-state index is -0.450. The van der Waals surface area contributed by atoms with Crippen molar-refractivity contribution in [2.75, 3.05) is 25.1 Å². The molecule has 6 heteroatoms. The molecular formula is C17H27ClN2O3. The molecule has 23 heavy (non-hydrogen) atoms. The van der Waals surface area contributed by atoms with Gasteiger partial charge in [0.05, 0.1) is 12.6 Å². The van der Waals surface area contributed by atoms with E-state index in [1.54, 1.807) is 0 Å². The average Bonchev–Trinajstić information content (AvgIpc) is 2.55. The number of amides is 1. The summed E-state index contributed by atoms with van der Waals surface area (Å²) >= 11 is 0. The molecule has 1 amide bonds. The molecule has 0 saturated carbocycles. The molecule has 1 saturated heterocycles. The normalized spacial score (nSPS) is 16.3. The van der Waals surface area contributed by atoms with Gasteiger partial charge in [-0.3, -0.25) is 4.79 Å². The van der Waals surface area contributed by atoms with Gasteiger partial charge in [-0.1, -0.05) is 13.3 Å². The van der Waals surface area contributed by atoms with E-state index in [0.29, 0.717) is 12.3 Å². The number of halogens is 1. The number of carbonyl (C=O) groups excluding carboxylic acids is 1. The Bertz CT molecular complexity index is 461. The Morgan fingerprint density at radius 1 is 1.35 bits per heavy atom. The summed E-state index contributed by atoms with van der Waals surface area (Å²) in [5.74, 6) is 1.25. The maximum Gasteiger partial charge on any atom is 0.241 e. The highest BCUT2D eigenvalue weighted by Crippen LogP contribution is 2.20. The Labute approximate surface area is 144 Å². The summed E-state index contributed by atoms with van der Waals surface area (Å²) in [5, 5.41) is 2.82. The molecule has 130 valence electrons. The van der Waals surface area contributed by atoms with Crippen LogP contribution in [-0.2, 0) is 9.53 Å². The van der Waals surface area contributed by atoms with Crippen LogP contribution < -0.4 is 15.8 Å². The fraction of sp³-hybridized carbons (Fsp3) is 0.588. The first-order valence-electron chi connectivity index (χ1n) is 8.06. The molecule has 5 nitrogen and oxygen atoms in total. The molecule has 1 aromatic rings. The van der Waals surface area contributed by atoms with Crippen molar-refractivity contribution in [3.8, 4) is 5.75 Å². The lowest BCUT2D eigenvalue weighted by Gasteiger charge is -2.22. The van der Waals surface area contributed by atoms with Gasteiger partial charge in [0.2, 0.25) is 5.91 Å². The van der Waals surface area contributed by atoms with E-state index < -0.39 is 6.04 Å². The zero-order valence-corrected chi connectivity index (χ0v) is 14.4. The van der Waals surface area contributed by atoms with E-state index in [-0.39, 0.29) is 18.3 Å². The van der Waals surface area contributed by atoms with Gasteiger partial charge in [-0.25, -0.2) is 0 Å². The SMILES string of the molecule is CCCC(N)C(=O)Nc1ccc(OCC2CCOCC2)cc1.Cl. The van der Waals surface area contributed by atoms with Crippen LogP contribution in [-0.4, -0.2) is 31.8 Å². The summed E-state index contributed by atoms with van der Waals surface area (Å²) in [7, 11) is 0. The van der Waals surface area contributed by atoms with Gasteiger partial charge in [0.25, 0.3) is 0 Å². The highest BCUT2D eigenvalue weighted by atomic mass is 35.5. The zero-order valence-electron chi connectivity index (χ0n) is 13.6. The van der Waals surface area contributed by atoms with E-state index in [9.17, 15) is 4.79 Å². The minimum absolute atomic E-state index is 0. The van der Waals surface area contributed by atoms with E-state index in [4.69, 9.17) is 15.2 Å². The number of hydrogen-bond acceptors (Lipinski definition) is 4. The van der Waals surface area contributed by atoms with Gasteiger partial charge in [0.15, 0.2) is 0 Å². The fourth-order valence-corrected chi connectivity index (χ4v) is 2.44. The number of hydrogen-bond donors (Lipinski definition) is 2. The monoisotopic (exact) mass is 342 g/mol. The summed E-state index contributed by atoms with van der Waals surface area (Å²) in [5.41, 5.74) is 6.53. The van der Waals surface area contributed by atoms with Crippen LogP contribution in [0.5, 0.6) is 5.75 Å². The van der Waals surface area contributed by atoms with Crippen LogP contribution in [0.4, 0.5) is 5.69 Å². The van der Waals surface area contributed by atoms with Crippen LogP contribution in [0.15, 0.2) is 24.3 Å².